The van der Waals surface area contributed by atoms with E-state index in [-0.39, 0.29) is 29.8 Å². The molecule has 0 aromatic carbocycles. The van der Waals surface area contributed by atoms with E-state index in [9.17, 15) is 9.59 Å². The van der Waals surface area contributed by atoms with Crippen molar-refractivity contribution in [3.05, 3.63) is 35.0 Å². The van der Waals surface area contributed by atoms with Gasteiger partial charge in [0.25, 0.3) is 5.91 Å². The first-order valence-electron chi connectivity index (χ1n) is 7.89. The highest BCUT2D eigenvalue weighted by atomic mass is 32.1. The fraction of sp³-hybridized carbons (Fsp3) is 0.500. The van der Waals surface area contributed by atoms with Crippen molar-refractivity contribution in [2.45, 2.75) is 45.8 Å². The standard InChI is InChI=1S/C16H23N5O2S/c1-10(2)14(20-15(22)13-6-5-7-24-13)16(23)19-11(3)12(4)21-9-17-8-18-21/h5-12,14H,1-4H3,(H,19,23)(H,20,22)/t11-,12+,14-/m0/s1. The minimum Gasteiger partial charge on any atom is -0.350 e. The van der Waals surface area contributed by atoms with Gasteiger partial charge < -0.3 is 10.6 Å². The maximum absolute atomic E-state index is 12.6. The smallest absolute Gasteiger partial charge is 0.262 e. The van der Waals surface area contributed by atoms with E-state index >= 15 is 0 Å². The van der Waals surface area contributed by atoms with Crippen molar-refractivity contribution >= 4 is 23.2 Å². The summed E-state index contributed by atoms with van der Waals surface area (Å²) in [6, 6.07) is 2.76. The third kappa shape index (κ3) is 4.41. The number of nitrogens with zero attached hydrogens (tertiary/aromatic N) is 3. The molecule has 2 heterocycles. The molecule has 7 nitrogen and oxygen atoms in total. The quantitative estimate of drug-likeness (QED) is 0.798. The van der Waals surface area contributed by atoms with Crippen molar-refractivity contribution < 1.29 is 9.59 Å². The van der Waals surface area contributed by atoms with Gasteiger partial charge in [0.05, 0.1) is 10.9 Å². The number of rotatable bonds is 7. The molecule has 0 bridgehead atoms. The molecule has 2 N–H and O–H groups in total. The predicted octanol–water partition coefficient (Wildman–Crippen LogP) is 1.86. The van der Waals surface area contributed by atoms with Crippen molar-refractivity contribution in [1.29, 1.82) is 0 Å². The Morgan fingerprint density at radius 2 is 1.96 bits per heavy atom. The Morgan fingerprint density at radius 3 is 2.50 bits per heavy atom. The average molecular weight is 349 g/mol. The first kappa shape index (κ1) is 18.1. The van der Waals surface area contributed by atoms with Gasteiger partial charge in [-0.05, 0) is 31.2 Å². The van der Waals surface area contributed by atoms with Gasteiger partial charge in [-0.1, -0.05) is 19.9 Å². The van der Waals surface area contributed by atoms with Crippen LogP contribution in [-0.4, -0.2) is 38.7 Å². The summed E-state index contributed by atoms with van der Waals surface area (Å²) in [5.41, 5.74) is 0. The first-order chi connectivity index (χ1) is 11.4. The monoisotopic (exact) mass is 349 g/mol. The van der Waals surface area contributed by atoms with Crippen LogP contribution in [0.2, 0.25) is 0 Å². The van der Waals surface area contributed by atoms with Gasteiger partial charge in [-0.3, -0.25) is 9.59 Å². The molecule has 130 valence electrons. The van der Waals surface area contributed by atoms with Gasteiger partial charge in [0, 0.05) is 6.04 Å². The van der Waals surface area contributed by atoms with Crippen LogP contribution in [-0.2, 0) is 4.79 Å². The molecular formula is C16H23N5O2S. The van der Waals surface area contributed by atoms with Crippen molar-refractivity contribution in [3.63, 3.8) is 0 Å². The second-order valence-electron chi connectivity index (χ2n) is 6.09. The lowest BCUT2D eigenvalue weighted by Crippen LogP contribution is -2.52. The third-order valence-corrected chi connectivity index (χ3v) is 4.80. The summed E-state index contributed by atoms with van der Waals surface area (Å²) < 4.78 is 1.69. The largest absolute Gasteiger partial charge is 0.350 e. The Balaban J connectivity index is 1.99. The van der Waals surface area contributed by atoms with Crippen LogP contribution in [0, 0.1) is 5.92 Å². The summed E-state index contributed by atoms with van der Waals surface area (Å²) in [6.07, 6.45) is 3.08. The number of carbonyl (C=O) groups excluding carboxylic acids is 2. The summed E-state index contributed by atoms with van der Waals surface area (Å²) in [5, 5.41) is 11.7. The molecule has 0 radical (unpaired) electrons. The fourth-order valence-electron chi connectivity index (χ4n) is 2.25. The van der Waals surface area contributed by atoms with E-state index in [1.54, 1.807) is 17.1 Å². The summed E-state index contributed by atoms with van der Waals surface area (Å²) >= 11 is 1.35. The van der Waals surface area contributed by atoms with E-state index in [1.807, 2.05) is 39.1 Å². The lowest BCUT2D eigenvalue weighted by molar-refractivity contribution is -0.124. The van der Waals surface area contributed by atoms with Gasteiger partial charge in [-0.25, -0.2) is 9.67 Å². The number of carbonyl (C=O) groups is 2. The number of hydrogen-bond acceptors (Lipinski definition) is 5. The summed E-state index contributed by atoms with van der Waals surface area (Å²) in [7, 11) is 0. The Morgan fingerprint density at radius 1 is 1.21 bits per heavy atom. The molecule has 3 atom stereocenters. The molecule has 0 saturated carbocycles. The van der Waals surface area contributed by atoms with Crippen LogP contribution in [0.5, 0.6) is 0 Å². The van der Waals surface area contributed by atoms with Crippen LogP contribution in [0.1, 0.15) is 43.4 Å². The fourth-order valence-corrected chi connectivity index (χ4v) is 2.87. The number of hydrogen-bond donors (Lipinski definition) is 2. The lowest BCUT2D eigenvalue weighted by atomic mass is 10.0. The second-order valence-corrected chi connectivity index (χ2v) is 7.03. The third-order valence-electron chi connectivity index (χ3n) is 3.93. The van der Waals surface area contributed by atoms with Crippen LogP contribution in [0.4, 0.5) is 0 Å². The molecule has 2 amide bonds. The highest BCUT2D eigenvalue weighted by Gasteiger charge is 2.27. The van der Waals surface area contributed by atoms with E-state index in [0.717, 1.165) is 0 Å². The molecule has 24 heavy (non-hydrogen) atoms. The molecule has 0 spiro atoms. The Labute approximate surface area is 145 Å². The summed E-state index contributed by atoms with van der Waals surface area (Å²) in [4.78, 5) is 29.3. The van der Waals surface area contributed by atoms with E-state index < -0.39 is 6.04 Å². The van der Waals surface area contributed by atoms with Gasteiger partial charge in [0.1, 0.15) is 18.7 Å². The highest BCUT2D eigenvalue weighted by molar-refractivity contribution is 7.12. The van der Waals surface area contributed by atoms with E-state index in [4.69, 9.17) is 0 Å². The molecule has 0 aliphatic heterocycles. The number of nitrogens with one attached hydrogen (secondary N) is 2. The topological polar surface area (TPSA) is 88.9 Å². The van der Waals surface area contributed by atoms with Crippen LogP contribution in [0.3, 0.4) is 0 Å². The molecule has 2 rings (SSSR count). The molecule has 0 aliphatic rings. The first-order valence-corrected chi connectivity index (χ1v) is 8.77. The van der Waals surface area contributed by atoms with Gasteiger partial charge in [0.2, 0.25) is 5.91 Å². The van der Waals surface area contributed by atoms with Crippen molar-refractivity contribution in [1.82, 2.24) is 25.4 Å². The molecule has 2 aromatic heterocycles. The van der Waals surface area contributed by atoms with Gasteiger partial charge in [0.15, 0.2) is 0 Å². The van der Waals surface area contributed by atoms with Crippen LogP contribution in [0.25, 0.3) is 0 Å². The molecule has 0 aliphatic carbocycles. The molecular weight excluding hydrogens is 326 g/mol. The van der Waals surface area contributed by atoms with E-state index in [0.29, 0.717) is 4.88 Å². The van der Waals surface area contributed by atoms with Gasteiger partial charge in [-0.15, -0.1) is 11.3 Å². The maximum Gasteiger partial charge on any atom is 0.262 e. The SMILES string of the molecule is CC(C)[C@H](NC(=O)c1cccs1)C(=O)N[C@@H](C)[C@@H](C)n1cncn1. The molecule has 2 aromatic rings. The molecule has 0 saturated heterocycles. The second kappa shape index (κ2) is 8.05. The summed E-state index contributed by atoms with van der Waals surface area (Å²) in [6.45, 7) is 7.67. The Hall–Kier alpha value is -2.22. The van der Waals surface area contributed by atoms with Crippen molar-refractivity contribution in [2.24, 2.45) is 5.92 Å². The predicted molar refractivity (Wildman–Crippen MR) is 92.7 cm³/mol. The number of thiophene rings is 1. The normalized spacial score (nSPS) is 14.9. The zero-order chi connectivity index (χ0) is 17.7. The molecule has 0 fully saturated rings. The van der Waals surface area contributed by atoms with Crippen LogP contribution < -0.4 is 10.6 Å². The minimum absolute atomic E-state index is 0.0252. The lowest BCUT2D eigenvalue weighted by Gasteiger charge is -2.26. The maximum atomic E-state index is 12.6. The Bertz CT molecular complexity index is 654. The van der Waals surface area contributed by atoms with Gasteiger partial charge >= 0.3 is 0 Å². The number of aromatic nitrogens is 3. The Kier molecular flexibility index (Phi) is 6.08. The van der Waals surface area contributed by atoms with Gasteiger partial charge in [-0.2, -0.15) is 5.10 Å². The average Bonchev–Trinajstić information content (AvgIpc) is 3.23. The molecule has 0 unspecified atom stereocenters. The zero-order valence-corrected chi connectivity index (χ0v) is 15.1. The zero-order valence-electron chi connectivity index (χ0n) is 14.3. The summed E-state index contributed by atoms with van der Waals surface area (Å²) in [5.74, 6) is -0.451. The van der Waals surface area contributed by atoms with Crippen LogP contribution in [0.15, 0.2) is 30.2 Å². The van der Waals surface area contributed by atoms with Crippen LogP contribution >= 0.6 is 11.3 Å². The highest BCUT2D eigenvalue weighted by Crippen LogP contribution is 2.12. The minimum atomic E-state index is -0.593. The van der Waals surface area contributed by atoms with E-state index in [2.05, 4.69) is 20.7 Å². The molecule has 8 heteroatoms. The van der Waals surface area contributed by atoms with Crippen molar-refractivity contribution in [3.8, 4) is 0 Å². The number of amides is 2. The van der Waals surface area contributed by atoms with Crippen molar-refractivity contribution in [2.75, 3.05) is 0 Å². The van der Waals surface area contributed by atoms with E-state index in [1.165, 1.54) is 17.7 Å².